The predicted octanol–water partition coefficient (Wildman–Crippen LogP) is 2.33. The van der Waals surface area contributed by atoms with Gasteiger partial charge >= 0.3 is 0 Å². The van der Waals surface area contributed by atoms with Crippen LogP contribution in [0, 0.1) is 10.1 Å². The number of ketones is 1. The molecule has 0 aliphatic rings. The largest absolute Gasteiger partial charge is 0.383 e. The van der Waals surface area contributed by atoms with Crippen LogP contribution < -0.4 is 4.72 Å². The number of carbonyl (C=O) groups is 1. The fourth-order valence-corrected chi connectivity index (χ4v) is 3.23. The fourth-order valence-electron chi connectivity index (χ4n) is 2.17. The first-order chi connectivity index (χ1) is 12.7. The van der Waals surface area contributed by atoms with E-state index < -0.39 is 14.9 Å². The number of non-ortho nitro benzene ring substituents is 1. The van der Waals surface area contributed by atoms with Crippen molar-refractivity contribution in [2.24, 2.45) is 0 Å². The summed E-state index contributed by atoms with van der Waals surface area (Å²) in [7, 11) is -0.340. The molecule has 8 nitrogen and oxygen atoms in total. The third kappa shape index (κ3) is 5.73. The topological polar surface area (TPSA) is 110 Å². The highest BCUT2D eigenvalue weighted by Crippen LogP contribution is 2.17. The molecule has 0 heterocycles. The highest BCUT2D eigenvalue weighted by Gasteiger charge is 2.17. The van der Waals surface area contributed by atoms with E-state index in [0.717, 1.165) is 6.07 Å². The normalized spacial score (nSPS) is 11.5. The Morgan fingerprint density at radius 1 is 1.19 bits per heavy atom. The summed E-state index contributed by atoms with van der Waals surface area (Å²) in [5.41, 5.74) is 0.714. The number of benzene rings is 2. The van der Waals surface area contributed by atoms with Crippen molar-refractivity contribution in [1.29, 1.82) is 0 Å². The monoisotopic (exact) mass is 389 g/mol. The first-order valence-electron chi connectivity index (χ1n) is 7.91. The Hall–Kier alpha value is -3.04. The molecule has 0 aromatic heterocycles. The van der Waals surface area contributed by atoms with Crippen molar-refractivity contribution in [2.45, 2.75) is 11.4 Å². The minimum absolute atomic E-state index is 0.0520. The Balaban J connectivity index is 2.14. The Labute approximate surface area is 157 Å². The summed E-state index contributed by atoms with van der Waals surface area (Å²) in [5, 5.41) is 10.8. The van der Waals surface area contributed by atoms with E-state index in [1.807, 2.05) is 0 Å². The highest BCUT2D eigenvalue weighted by molar-refractivity contribution is 7.89. The number of carbonyl (C=O) groups excluding carboxylic acids is 1. The van der Waals surface area contributed by atoms with Crippen molar-refractivity contribution in [2.75, 3.05) is 14.1 Å². The van der Waals surface area contributed by atoms with Gasteiger partial charge in [0.05, 0.1) is 9.82 Å². The molecule has 2 aromatic carbocycles. The van der Waals surface area contributed by atoms with Crippen LogP contribution in [0.4, 0.5) is 5.69 Å². The molecule has 0 bridgehead atoms. The molecule has 0 aliphatic heterocycles. The predicted molar refractivity (Wildman–Crippen MR) is 101 cm³/mol. The number of allylic oxidation sites excluding steroid dienone is 1. The number of nitrogens with zero attached hydrogens (tertiary/aromatic N) is 2. The van der Waals surface area contributed by atoms with Gasteiger partial charge in [0.15, 0.2) is 5.78 Å². The summed E-state index contributed by atoms with van der Waals surface area (Å²) in [6, 6.07) is 11.4. The second-order valence-corrected chi connectivity index (χ2v) is 7.69. The van der Waals surface area contributed by atoms with E-state index in [2.05, 4.69) is 4.72 Å². The molecule has 0 aliphatic carbocycles. The Kier molecular flexibility index (Phi) is 6.43. The molecule has 142 valence electrons. The summed E-state index contributed by atoms with van der Waals surface area (Å²) >= 11 is 0. The van der Waals surface area contributed by atoms with Crippen LogP contribution in [0.5, 0.6) is 0 Å². The van der Waals surface area contributed by atoms with E-state index in [9.17, 15) is 23.3 Å². The molecule has 1 N–H and O–H groups in total. The second-order valence-electron chi connectivity index (χ2n) is 5.92. The lowest BCUT2D eigenvalue weighted by molar-refractivity contribution is -0.385. The standard InChI is InChI=1S/C18H19N3O5S/c1-20(2)10-9-18(22)15-6-3-5-14(11-15)13-19-27(25,26)17-8-4-7-16(12-17)21(23)24/h3-12,19H,13H2,1-2H3. The maximum Gasteiger partial charge on any atom is 0.270 e. The van der Waals surface area contributed by atoms with Crippen LogP contribution in [0.25, 0.3) is 0 Å². The number of sulfonamides is 1. The summed E-state index contributed by atoms with van der Waals surface area (Å²) < 4.78 is 27.1. The molecule has 0 unspecified atom stereocenters. The van der Waals surface area contributed by atoms with Crippen molar-refractivity contribution in [3.8, 4) is 0 Å². The number of hydrogen-bond donors (Lipinski definition) is 1. The maximum absolute atomic E-state index is 12.4. The molecular weight excluding hydrogens is 370 g/mol. The van der Waals surface area contributed by atoms with Crippen molar-refractivity contribution in [3.63, 3.8) is 0 Å². The molecule has 2 aromatic rings. The molecule has 0 radical (unpaired) electrons. The van der Waals surface area contributed by atoms with Crippen LogP contribution in [-0.2, 0) is 16.6 Å². The molecule has 0 amide bonds. The second kappa shape index (κ2) is 8.56. The van der Waals surface area contributed by atoms with Gasteiger partial charge in [-0.1, -0.05) is 24.3 Å². The average molecular weight is 389 g/mol. The van der Waals surface area contributed by atoms with Crippen LogP contribution in [0.2, 0.25) is 0 Å². The molecule has 0 atom stereocenters. The van der Waals surface area contributed by atoms with Crippen LogP contribution in [0.1, 0.15) is 15.9 Å². The van der Waals surface area contributed by atoms with Gasteiger partial charge in [-0.2, -0.15) is 0 Å². The van der Waals surface area contributed by atoms with Gasteiger partial charge in [0.1, 0.15) is 0 Å². The van der Waals surface area contributed by atoms with Gasteiger partial charge in [-0.3, -0.25) is 14.9 Å². The van der Waals surface area contributed by atoms with Gasteiger partial charge in [-0.05, 0) is 17.7 Å². The average Bonchev–Trinajstić information content (AvgIpc) is 2.65. The molecular formula is C18H19N3O5S. The maximum atomic E-state index is 12.4. The fraction of sp³-hybridized carbons (Fsp3) is 0.167. The van der Waals surface area contributed by atoms with E-state index in [0.29, 0.717) is 11.1 Å². The van der Waals surface area contributed by atoms with Crippen LogP contribution in [-0.4, -0.2) is 38.1 Å². The Bertz CT molecular complexity index is 984. The van der Waals surface area contributed by atoms with Crippen molar-refractivity contribution >= 4 is 21.5 Å². The van der Waals surface area contributed by atoms with Crippen LogP contribution in [0.3, 0.4) is 0 Å². The number of hydrogen-bond acceptors (Lipinski definition) is 6. The van der Waals surface area contributed by atoms with E-state index in [4.69, 9.17) is 0 Å². The minimum Gasteiger partial charge on any atom is -0.383 e. The van der Waals surface area contributed by atoms with E-state index in [-0.39, 0.29) is 22.9 Å². The van der Waals surface area contributed by atoms with Crippen molar-refractivity contribution < 1.29 is 18.1 Å². The quantitative estimate of drug-likeness (QED) is 0.321. The molecule has 0 spiro atoms. The van der Waals surface area contributed by atoms with Gasteiger partial charge in [0.25, 0.3) is 5.69 Å². The highest BCUT2D eigenvalue weighted by atomic mass is 32.2. The molecule has 0 saturated carbocycles. The van der Waals surface area contributed by atoms with Crippen molar-refractivity contribution in [3.05, 3.63) is 82.0 Å². The molecule has 27 heavy (non-hydrogen) atoms. The van der Waals surface area contributed by atoms with E-state index in [1.165, 1.54) is 24.3 Å². The van der Waals surface area contributed by atoms with Gasteiger partial charge in [-0.15, -0.1) is 0 Å². The van der Waals surface area contributed by atoms with Gasteiger partial charge in [0, 0.05) is 50.6 Å². The van der Waals surface area contributed by atoms with Crippen LogP contribution in [0.15, 0.2) is 65.7 Å². The number of rotatable bonds is 8. The third-order valence-electron chi connectivity index (χ3n) is 3.54. The zero-order valence-corrected chi connectivity index (χ0v) is 15.6. The lowest BCUT2D eigenvalue weighted by Crippen LogP contribution is -2.23. The lowest BCUT2D eigenvalue weighted by Gasteiger charge is -2.08. The SMILES string of the molecule is CN(C)C=CC(=O)c1cccc(CNS(=O)(=O)c2cccc([N+](=O)[O-])c2)c1. The molecule has 0 fully saturated rings. The lowest BCUT2D eigenvalue weighted by atomic mass is 10.1. The number of nitro benzene ring substituents is 1. The van der Waals surface area contributed by atoms with E-state index >= 15 is 0 Å². The Morgan fingerprint density at radius 3 is 2.56 bits per heavy atom. The molecule has 0 saturated heterocycles. The van der Waals surface area contributed by atoms with E-state index in [1.54, 1.807) is 49.5 Å². The first kappa shape index (κ1) is 20.3. The Morgan fingerprint density at radius 2 is 1.89 bits per heavy atom. The number of nitro groups is 1. The summed E-state index contributed by atoms with van der Waals surface area (Å²) in [5.74, 6) is -0.202. The van der Waals surface area contributed by atoms with Gasteiger partial charge in [-0.25, -0.2) is 13.1 Å². The summed E-state index contributed by atoms with van der Waals surface area (Å²) in [4.78, 5) is 23.8. The van der Waals surface area contributed by atoms with Gasteiger partial charge < -0.3 is 4.90 Å². The smallest absolute Gasteiger partial charge is 0.270 e. The summed E-state index contributed by atoms with van der Waals surface area (Å²) in [6.07, 6.45) is 3.05. The first-order valence-corrected chi connectivity index (χ1v) is 9.39. The third-order valence-corrected chi connectivity index (χ3v) is 4.94. The minimum atomic E-state index is -3.93. The van der Waals surface area contributed by atoms with Crippen molar-refractivity contribution in [1.82, 2.24) is 9.62 Å². The molecule has 2 rings (SSSR count). The summed E-state index contributed by atoms with van der Waals surface area (Å²) in [6.45, 7) is -0.0520. The van der Waals surface area contributed by atoms with Gasteiger partial charge in [0.2, 0.25) is 10.0 Å². The molecule has 9 heteroatoms. The zero-order chi connectivity index (χ0) is 20.0. The number of nitrogens with one attached hydrogen (secondary N) is 1. The van der Waals surface area contributed by atoms with Crippen LogP contribution >= 0.6 is 0 Å². The zero-order valence-electron chi connectivity index (χ0n) is 14.8.